The van der Waals surface area contributed by atoms with E-state index >= 15 is 0 Å². The Bertz CT molecular complexity index is 930. The minimum atomic E-state index is -3.44. The van der Waals surface area contributed by atoms with Crippen LogP contribution in [0.1, 0.15) is 18.5 Å². The Balaban J connectivity index is 1.78. The van der Waals surface area contributed by atoms with Crippen LogP contribution < -0.4 is 19.7 Å². The molecule has 2 aromatic rings. The van der Waals surface area contributed by atoms with Gasteiger partial charge in [-0.25, -0.2) is 13.2 Å². The van der Waals surface area contributed by atoms with Gasteiger partial charge in [0.2, 0.25) is 10.0 Å². The molecule has 0 saturated carbocycles. The summed E-state index contributed by atoms with van der Waals surface area (Å²) in [6.45, 7) is 1.89. The summed E-state index contributed by atoms with van der Waals surface area (Å²) in [6.07, 6.45) is 0.908. The third-order valence-corrected chi connectivity index (χ3v) is 5.50. The molecule has 138 valence electrons. The molecule has 3 rings (SSSR count). The summed E-state index contributed by atoms with van der Waals surface area (Å²) in [5.74, 6) is 0.752. The molecule has 8 heteroatoms. The average Bonchev–Trinajstić information content (AvgIpc) is 2.89. The van der Waals surface area contributed by atoms with Gasteiger partial charge in [0.1, 0.15) is 11.9 Å². The largest absolute Gasteiger partial charge is 0.488 e. The van der Waals surface area contributed by atoms with E-state index in [0.29, 0.717) is 11.4 Å². The molecule has 0 spiro atoms. The van der Waals surface area contributed by atoms with Crippen molar-refractivity contribution in [1.82, 2.24) is 5.32 Å². The first-order valence-corrected chi connectivity index (χ1v) is 9.98. The van der Waals surface area contributed by atoms with Gasteiger partial charge >= 0.3 is 6.03 Å². The Morgan fingerprint density at radius 1 is 1.12 bits per heavy atom. The second kappa shape index (κ2) is 6.87. The maximum atomic E-state index is 12.5. The predicted octanol–water partition coefficient (Wildman–Crippen LogP) is 2.73. The van der Waals surface area contributed by atoms with Crippen LogP contribution in [0.2, 0.25) is 0 Å². The zero-order chi connectivity index (χ0) is 18.9. The zero-order valence-electron chi connectivity index (χ0n) is 14.8. The minimum Gasteiger partial charge on any atom is -0.488 e. The molecule has 1 aliphatic heterocycles. The van der Waals surface area contributed by atoms with E-state index in [1.54, 1.807) is 24.3 Å². The summed E-state index contributed by atoms with van der Waals surface area (Å²) in [5.41, 5.74) is 1.70. The lowest BCUT2D eigenvalue weighted by molar-refractivity contribution is 0.204. The summed E-state index contributed by atoms with van der Waals surface area (Å²) in [7, 11) is -2.00. The van der Waals surface area contributed by atoms with E-state index in [-0.39, 0.29) is 12.1 Å². The number of ether oxygens (including phenoxy) is 1. The quantitative estimate of drug-likeness (QED) is 0.860. The van der Waals surface area contributed by atoms with Crippen LogP contribution in [0.15, 0.2) is 48.5 Å². The Labute approximate surface area is 153 Å². The maximum absolute atomic E-state index is 12.5. The van der Waals surface area contributed by atoms with E-state index in [2.05, 4.69) is 10.6 Å². The van der Waals surface area contributed by atoms with Crippen LogP contribution in [-0.4, -0.2) is 33.9 Å². The standard InChI is InChI=1S/C18H21N3O4S/c1-12-17(13-8-4-7-11-16(13)25-12)20-18(22)19-14-9-5-6-10-15(14)21(2)26(3,23)24/h4-12,17H,1-3H3,(H2,19,20,22). The van der Waals surface area contributed by atoms with Gasteiger partial charge in [0, 0.05) is 12.6 Å². The molecule has 0 aromatic heterocycles. The number of hydrogen-bond acceptors (Lipinski definition) is 4. The van der Waals surface area contributed by atoms with E-state index in [4.69, 9.17) is 4.74 Å². The van der Waals surface area contributed by atoms with Crippen molar-refractivity contribution < 1.29 is 17.9 Å². The van der Waals surface area contributed by atoms with E-state index in [9.17, 15) is 13.2 Å². The van der Waals surface area contributed by atoms with Crippen LogP contribution in [0.4, 0.5) is 16.2 Å². The number of anilines is 2. The molecule has 1 heterocycles. The monoisotopic (exact) mass is 375 g/mol. The fourth-order valence-electron chi connectivity index (χ4n) is 2.89. The van der Waals surface area contributed by atoms with Gasteiger partial charge in [-0.05, 0) is 25.1 Å². The smallest absolute Gasteiger partial charge is 0.319 e. The molecular weight excluding hydrogens is 354 g/mol. The predicted molar refractivity (Wildman–Crippen MR) is 101 cm³/mol. The molecule has 1 aliphatic rings. The van der Waals surface area contributed by atoms with Crippen LogP contribution in [0.5, 0.6) is 5.75 Å². The molecule has 2 N–H and O–H groups in total. The normalized spacial score (nSPS) is 18.6. The Morgan fingerprint density at radius 2 is 1.77 bits per heavy atom. The number of sulfonamides is 1. The molecular formula is C18H21N3O4S. The molecule has 0 radical (unpaired) electrons. The van der Waals surface area contributed by atoms with Crippen molar-refractivity contribution in [3.05, 3.63) is 54.1 Å². The van der Waals surface area contributed by atoms with E-state index < -0.39 is 16.1 Å². The van der Waals surface area contributed by atoms with Crippen molar-refractivity contribution in [2.45, 2.75) is 19.1 Å². The number of carbonyl (C=O) groups excluding carboxylic acids is 1. The summed E-state index contributed by atoms with van der Waals surface area (Å²) in [6, 6.07) is 13.6. The highest BCUT2D eigenvalue weighted by molar-refractivity contribution is 7.92. The van der Waals surface area contributed by atoms with Crippen molar-refractivity contribution in [2.24, 2.45) is 0 Å². The number of benzene rings is 2. The number of hydrogen-bond donors (Lipinski definition) is 2. The maximum Gasteiger partial charge on any atom is 0.319 e. The topological polar surface area (TPSA) is 87.7 Å². The van der Waals surface area contributed by atoms with Gasteiger partial charge in [0.15, 0.2) is 0 Å². The molecule has 2 atom stereocenters. The molecule has 0 fully saturated rings. The second-order valence-electron chi connectivity index (χ2n) is 6.18. The van der Waals surface area contributed by atoms with Crippen LogP contribution in [-0.2, 0) is 10.0 Å². The first-order valence-electron chi connectivity index (χ1n) is 8.13. The summed E-state index contributed by atoms with van der Waals surface area (Å²) in [5, 5.41) is 5.63. The summed E-state index contributed by atoms with van der Waals surface area (Å²) < 4.78 is 30.5. The number of nitrogens with zero attached hydrogens (tertiary/aromatic N) is 1. The van der Waals surface area contributed by atoms with Gasteiger partial charge in [0.05, 0.1) is 23.7 Å². The second-order valence-corrected chi connectivity index (χ2v) is 8.20. The molecule has 2 aromatic carbocycles. The van der Waals surface area contributed by atoms with Gasteiger partial charge in [-0.3, -0.25) is 4.31 Å². The molecule has 0 bridgehead atoms. The highest BCUT2D eigenvalue weighted by Gasteiger charge is 2.32. The van der Waals surface area contributed by atoms with Crippen LogP contribution >= 0.6 is 0 Å². The molecule has 7 nitrogen and oxygen atoms in total. The fraction of sp³-hybridized carbons (Fsp3) is 0.278. The lowest BCUT2D eigenvalue weighted by Gasteiger charge is -2.22. The Hall–Kier alpha value is -2.74. The molecule has 2 unspecified atom stereocenters. The summed E-state index contributed by atoms with van der Waals surface area (Å²) >= 11 is 0. The first-order chi connectivity index (χ1) is 12.3. The third-order valence-electron chi connectivity index (χ3n) is 4.31. The number of fused-ring (bicyclic) bond motifs is 1. The molecule has 26 heavy (non-hydrogen) atoms. The number of amides is 2. The van der Waals surface area contributed by atoms with Crippen molar-refractivity contribution in [1.29, 1.82) is 0 Å². The Kier molecular flexibility index (Phi) is 4.78. The minimum absolute atomic E-state index is 0.202. The number of para-hydroxylation sites is 3. The summed E-state index contributed by atoms with van der Waals surface area (Å²) in [4.78, 5) is 12.5. The fourth-order valence-corrected chi connectivity index (χ4v) is 3.41. The SMILES string of the molecule is CC1Oc2ccccc2C1NC(=O)Nc1ccccc1N(C)S(C)(=O)=O. The van der Waals surface area contributed by atoms with Crippen molar-refractivity contribution in [2.75, 3.05) is 22.9 Å². The van der Waals surface area contributed by atoms with Crippen LogP contribution in [0.25, 0.3) is 0 Å². The van der Waals surface area contributed by atoms with Gasteiger partial charge in [-0.1, -0.05) is 30.3 Å². The van der Waals surface area contributed by atoms with Gasteiger partial charge in [0.25, 0.3) is 0 Å². The lowest BCUT2D eigenvalue weighted by atomic mass is 10.1. The molecule has 0 saturated heterocycles. The van der Waals surface area contributed by atoms with Crippen molar-refractivity contribution >= 4 is 27.4 Å². The number of rotatable bonds is 4. The van der Waals surface area contributed by atoms with Gasteiger partial charge in [-0.2, -0.15) is 0 Å². The van der Waals surface area contributed by atoms with E-state index in [0.717, 1.165) is 21.9 Å². The number of urea groups is 1. The highest BCUT2D eigenvalue weighted by atomic mass is 32.2. The zero-order valence-corrected chi connectivity index (χ0v) is 15.6. The molecule has 0 aliphatic carbocycles. The van der Waals surface area contributed by atoms with Crippen molar-refractivity contribution in [3.63, 3.8) is 0 Å². The average molecular weight is 375 g/mol. The van der Waals surface area contributed by atoms with Crippen LogP contribution in [0.3, 0.4) is 0 Å². The third kappa shape index (κ3) is 3.60. The number of carbonyl (C=O) groups is 1. The van der Waals surface area contributed by atoms with Crippen LogP contribution in [0, 0.1) is 0 Å². The van der Waals surface area contributed by atoms with Crippen molar-refractivity contribution in [3.8, 4) is 5.75 Å². The first kappa shape index (κ1) is 18.1. The highest BCUT2D eigenvalue weighted by Crippen LogP contribution is 2.36. The number of nitrogens with one attached hydrogen (secondary N) is 2. The van der Waals surface area contributed by atoms with Gasteiger partial charge < -0.3 is 15.4 Å². The Morgan fingerprint density at radius 3 is 2.50 bits per heavy atom. The lowest BCUT2D eigenvalue weighted by Crippen LogP contribution is -2.37. The van der Waals surface area contributed by atoms with E-state index in [1.165, 1.54) is 7.05 Å². The van der Waals surface area contributed by atoms with Gasteiger partial charge in [-0.15, -0.1) is 0 Å². The van der Waals surface area contributed by atoms with E-state index in [1.807, 2.05) is 31.2 Å². The molecule has 2 amide bonds.